The zero-order valence-electron chi connectivity index (χ0n) is 9.14. The summed E-state index contributed by atoms with van der Waals surface area (Å²) in [6.07, 6.45) is 0.971. The number of hydrogen-bond donors (Lipinski definition) is 1. The Balaban J connectivity index is 2.23. The smallest absolute Gasteiger partial charge is 0.284 e. The Morgan fingerprint density at radius 1 is 1.59 bits per heavy atom. The van der Waals surface area contributed by atoms with Gasteiger partial charge in [-0.2, -0.15) is 0 Å². The van der Waals surface area contributed by atoms with Gasteiger partial charge in [-0.15, -0.1) is 0 Å². The minimum atomic E-state index is -0.513. The number of benzene rings is 1. The van der Waals surface area contributed by atoms with Crippen LogP contribution in [0.1, 0.15) is 23.7 Å². The molecular formula is C11H11BrN2O3. The third-order valence-corrected chi connectivity index (χ3v) is 3.68. The summed E-state index contributed by atoms with van der Waals surface area (Å²) in [5.74, 6) is 0.228. The number of rotatable bonds is 3. The molecule has 2 atom stereocenters. The van der Waals surface area contributed by atoms with E-state index in [0.29, 0.717) is 11.5 Å². The molecule has 1 aliphatic carbocycles. The van der Waals surface area contributed by atoms with Crippen LogP contribution in [0.5, 0.6) is 0 Å². The van der Waals surface area contributed by atoms with Crippen molar-refractivity contribution in [2.75, 3.05) is 0 Å². The van der Waals surface area contributed by atoms with E-state index < -0.39 is 4.92 Å². The molecule has 0 bridgehead atoms. The van der Waals surface area contributed by atoms with Gasteiger partial charge in [-0.1, -0.05) is 13.0 Å². The second-order valence-electron chi connectivity index (χ2n) is 4.19. The fourth-order valence-electron chi connectivity index (χ4n) is 1.61. The lowest BCUT2D eigenvalue weighted by molar-refractivity contribution is -0.385. The quantitative estimate of drug-likeness (QED) is 0.688. The summed E-state index contributed by atoms with van der Waals surface area (Å²) in [5.41, 5.74) is 0.208. The maximum absolute atomic E-state index is 11.9. The average Bonchev–Trinajstić information content (AvgIpc) is 2.93. The molecule has 1 fully saturated rings. The van der Waals surface area contributed by atoms with Crippen LogP contribution in [0, 0.1) is 16.0 Å². The van der Waals surface area contributed by atoms with Gasteiger partial charge in [0.25, 0.3) is 11.6 Å². The Hall–Kier alpha value is -1.43. The summed E-state index contributed by atoms with van der Waals surface area (Å²) in [5, 5.41) is 13.6. The third-order valence-electron chi connectivity index (χ3n) is 2.85. The van der Waals surface area contributed by atoms with Crippen molar-refractivity contribution in [3.05, 3.63) is 38.3 Å². The molecule has 1 aromatic carbocycles. The van der Waals surface area contributed by atoms with E-state index in [1.165, 1.54) is 12.1 Å². The van der Waals surface area contributed by atoms with Crippen LogP contribution >= 0.6 is 15.9 Å². The largest absolute Gasteiger partial charge is 0.349 e. The van der Waals surface area contributed by atoms with Gasteiger partial charge in [-0.3, -0.25) is 14.9 Å². The maximum atomic E-state index is 11.9. The van der Waals surface area contributed by atoms with Crippen LogP contribution < -0.4 is 5.32 Å². The second-order valence-corrected chi connectivity index (χ2v) is 4.98. The van der Waals surface area contributed by atoms with Gasteiger partial charge in [0.05, 0.1) is 10.5 Å². The summed E-state index contributed by atoms with van der Waals surface area (Å²) in [4.78, 5) is 22.1. The zero-order valence-corrected chi connectivity index (χ0v) is 10.7. The number of hydrogen-bond acceptors (Lipinski definition) is 3. The van der Waals surface area contributed by atoms with Gasteiger partial charge >= 0.3 is 0 Å². The van der Waals surface area contributed by atoms with Gasteiger partial charge in [-0.25, -0.2) is 0 Å². The number of nitro groups is 1. The molecule has 0 heterocycles. The highest BCUT2D eigenvalue weighted by molar-refractivity contribution is 9.10. The average molecular weight is 299 g/mol. The van der Waals surface area contributed by atoms with Crippen LogP contribution in [0.2, 0.25) is 0 Å². The summed E-state index contributed by atoms with van der Waals surface area (Å²) in [7, 11) is 0. The summed E-state index contributed by atoms with van der Waals surface area (Å²) in [6.45, 7) is 2.05. The van der Waals surface area contributed by atoms with Gasteiger partial charge in [0.2, 0.25) is 0 Å². The minimum absolute atomic E-state index is 0.0958. The van der Waals surface area contributed by atoms with Crippen LogP contribution in [-0.4, -0.2) is 16.9 Å². The Bertz CT molecular complexity index is 490. The molecule has 2 rings (SSSR count). The maximum Gasteiger partial charge on any atom is 0.284 e. The molecule has 1 amide bonds. The first-order chi connectivity index (χ1) is 8.00. The zero-order chi connectivity index (χ0) is 12.6. The molecule has 5 nitrogen and oxygen atoms in total. The standard InChI is InChI=1S/C11H11BrN2O3/c1-6-5-8(6)13-11(15)7-3-2-4-9(10(7)12)14(16)17/h2-4,6,8H,5H2,1H3,(H,13,15). The van der Waals surface area contributed by atoms with Crippen LogP contribution in [-0.2, 0) is 0 Å². The number of nitrogens with one attached hydrogen (secondary N) is 1. The van der Waals surface area contributed by atoms with Gasteiger partial charge in [0.15, 0.2) is 0 Å². The molecule has 2 unspecified atom stereocenters. The monoisotopic (exact) mass is 298 g/mol. The molecule has 1 aromatic rings. The van der Waals surface area contributed by atoms with Gasteiger partial charge in [0.1, 0.15) is 4.47 Å². The van der Waals surface area contributed by atoms with E-state index in [2.05, 4.69) is 21.2 Å². The van der Waals surface area contributed by atoms with E-state index in [0.717, 1.165) is 6.42 Å². The van der Waals surface area contributed by atoms with Crippen molar-refractivity contribution in [3.63, 3.8) is 0 Å². The highest BCUT2D eigenvalue weighted by atomic mass is 79.9. The van der Waals surface area contributed by atoms with E-state index in [-0.39, 0.29) is 22.1 Å². The fraction of sp³-hybridized carbons (Fsp3) is 0.364. The normalized spacial score (nSPS) is 22.0. The lowest BCUT2D eigenvalue weighted by Gasteiger charge is -2.06. The molecule has 0 spiro atoms. The van der Waals surface area contributed by atoms with Crippen LogP contribution in [0.15, 0.2) is 22.7 Å². The molecule has 17 heavy (non-hydrogen) atoms. The number of amides is 1. The first kappa shape index (κ1) is 12.0. The van der Waals surface area contributed by atoms with Crippen molar-refractivity contribution in [3.8, 4) is 0 Å². The predicted octanol–water partition coefficient (Wildman–Crippen LogP) is 2.50. The Morgan fingerprint density at radius 3 is 2.76 bits per heavy atom. The Morgan fingerprint density at radius 2 is 2.24 bits per heavy atom. The topological polar surface area (TPSA) is 72.2 Å². The van der Waals surface area contributed by atoms with Crippen LogP contribution in [0.4, 0.5) is 5.69 Å². The molecule has 6 heteroatoms. The van der Waals surface area contributed by atoms with E-state index in [1.54, 1.807) is 6.07 Å². The minimum Gasteiger partial charge on any atom is -0.349 e. The number of nitro benzene ring substituents is 1. The summed E-state index contributed by atoms with van der Waals surface area (Å²) in [6, 6.07) is 4.64. The molecule has 0 aliphatic heterocycles. The van der Waals surface area contributed by atoms with Crippen molar-refractivity contribution >= 4 is 27.5 Å². The Labute approximate surface area is 106 Å². The fourth-order valence-corrected chi connectivity index (χ4v) is 2.19. The summed E-state index contributed by atoms with van der Waals surface area (Å²) < 4.78 is 0.232. The van der Waals surface area contributed by atoms with Gasteiger partial charge in [0, 0.05) is 12.1 Å². The third kappa shape index (κ3) is 2.46. The van der Waals surface area contributed by atoms with E-state index >= 15 is 0 Å². The second kappa shape index (κ2) is 4.44. The van der Waals surface area contributed by atoms with Gasteiger partial charge < -0.3 is 5.32 Å². The molecule has 0 aromatic heterocycles. The molecule has 1 aliphatic rings. The van der Waals surface area contributed by atoms with E-state index in [1.807, 2.05) is 6.92 Å². The first-order valence-corrected chi connectivity index (χ1v) is 6.03. The molecule has 1 saturated carbocycles. The van der Waals surface area contributed by atoms with Crippen molar-refractivity contribution in [1.29, 1.82) is 0 Å². The number of carbonyl (C=O) groups is 1. The molecular weight excluding hydrogens is 288 g/mol. The number of halogens is 1. The highest BCUT2D eigenvalue weighted by Gasteiger charge is 2.34. The molecule has 0 radical (unpaired) electrons. The number of carbonyl (C=O) groups excluding carboxylic acids is 1. The van der Waals surface area contributed by atoms with E-state index in [9.17, 15) is 14.9 Å². The molecule has 90 valence electrons. The van der Waals surface area contributed by atoms with Crippen LogP contribution in [0.3, 0.4) is 0 Å². The van der Waals surface area contributed by atoms with Crippen molar-refractivity contribution in [1.82, 2.24) is 5.32 Å². The highest BCUT2D eigenvalue weighted by Crippen LogP contribution is 2.31. The number of nitrogens with zero attached hydrogens (tertiary/aromatic N) is 1. The molecule has 0 saturated heterocycles. The summed E-state index contributed by atoms with van der Waals surface area (Å²) >= 11 is 3.11. The SMILES string of the molecule is CC1CC1NC(=O)c1cccc([N+](=O)[O-])c1Br. The molecule has 1 N–H and O–H groups in total. The van der Waals surface area contributed by atoms with Gasteiger partial charge in [-0.05, 0) is 34.3 Å². The lowest BCUT2D eigenvalue weighted by atomic mass is 10.2. The lowest BCUT2D eigenvalue weighted by Crippen LogP contribution is -2.26. The van der Waals surface area contributed by atoms with Crippen molar-refractivity contribution in [2.24, 2.45) is 5.92 Å². The van der Waals surface area contributed by atoms with E-state index in [4.69, 9.17) is 0 Å². The van der Waals surface area contributed by atoms with Crippen LogP contribution in [0.25, 0.3) is 0 Å². The van der Waals surface area contributed by atoms with Crippen molar-refractivity contribution < 1.29 is 9.72 Å². The first-order valence-electron chi connectivity index (χ1n) is 5.24. The predicted molar refractivity (Wildman–Crippen MR) is 65.8 cm³/mol. The Kier molecular flexibility index (Phi) is 3.15. The van der Waals surface area contributed by atoms with Crippen molar-refractivity contribution in [2.45, 2.75) is 19.4 Å².